The van der Waals surface area contributed by atoms with Crippen LogP contribution in [0, 0.1) is 5.41 Å². The van der Waals surface area contributed by atoms with E-state index in [0.29, 0.717) is 13.0 Å². The minimum atomic E-state index is -0.133. The van der Waals surface area contributed by atoms with Crippen LogP contribution < -0.4 is 5.32 Å². The van der Waals surface area contributed by atoms with Gasteiger partial charge in [0.2, 0.25) is 5.91 Å². The van der Waals surface area contributed by atoms with Crippen molar-refractivity contribution in [1.82, 2.24) is 5.32 Å². The first-order chi connectivity index (χ1) is 7.37. The summed E-state index contributed by atoms with van der Waals surface area (Å²) in [6.07, 6.45) is 1.29. The van der Waals surface area contributed by atoms with E-state index in [1.165, 1.54) is 0 Å². The Kier molecular flexibility index (Phi) is 3.97. The van der Waals surface area contributed by atoms with Crippen molar-refractivity contribution in [1.29, 1.82) is 0 Å². The van der Waals surface area contributed by atoms with Gasteiger partial charge in [0.25, 0.3) is 0 Å². The normalized spacial score (nSPS) is 31.9. The zero-order chi connectivity index (χ0) is 12.4. The molecule has 0 radical (unpaired) electrons. The third kappa shape index (κ3) is 2.23. The summed E-state index contributed by atoms with van der Waals surface area (Å²) in [7, 11) is 3.33. The molecule has 2 atom stereocenters. The van der Waals surface area contributed by atoms with Gasteiger partial charge in [-0.3, -0.25) is 4.79 Å². The van der Waals surface area contributed by atoms with E-state index in [0.717, 1.165) is 6.42 Å². The number of ether oxygens (including phenoxy) is 2. The maximum absolute atomic E-state index is 11.6. The summed E-state index contributed by atoms with van der Waals surface area (Å²) >= 11 is 0. The van der Waals surface area contributed by atoms with E-state index in [1.54, 1.807) is 14.2 Å². The monoisotopic (exact) mass is 229 g/mol. The molecular formula is C12H23NO3. The summed E-state index contributed by atoms with van der Waals surface area (Å²) in [6.45, 7) is 6.81. The molecule has 1 amide bonds. The summed E-state index contributed by atoms with van der Waals surface area (Å²) < 4.78 is 10.4. The van der Waals surface area contributed by atoms with Crippen LogP contribution in [0.15, 0.2) is 0 Å². The van der Waals surface area contributed by atoms with Crippen molar-refractivity contribution in [3.05, 3.63) is 0 Å². The molecule has 1 N–H and O–H groups in total. The summed E-state index contributed by atoms with van der Waals surface area (Å²) in [5.41, 5.74) is -0.156. The number of hydrogen-bond donors (Lipinski definition) is 1. The first-order valence-corrected chi connectivity index (χ1v) is 5.71. The van der Waals surface area contributed by atoms with E-state index in [-0.39, 0.29) is 23.0 Å². The maximum Gasteiger partial charge on any atom is 0.222 e. The third-order valence-corrected chi connectivity index (χ3v) is 4.15. The highest BCUT2D eigenvalue weighted by Crippen LogP contribution is 2.51. The lowest BCUT2D eigenvalue weighted by atomic mass is 9.56. The van der Waals surface area contributed by atoms with Crippen molar-refractivity contribution >= 4 is 5.91 Å². The molecule has 0 bridgehead atoms. The Hall–Kier alpha value is -0.610. The van der Waals surface area contributed by atoms with Gasteiger partial charge < -0.3 is 14.8 Å². The Morgan fingerprint density at radius 1 is 1.38 bits per heavy atom. The fourth-order valence-electron chi connectivity index (χ4n) is 2.18. The smallest absolute Gasteiger partial charge is 0.222 e. The highest BCUT2D eigenvalue weighted by molar-refractivity contribution is 5.76. The maximum atomic E-state index is 11.6. The number of hydrogen-bond acceptors (Lipinski definition) is 3. The molecule has 94 valence electrons. The zero-order valence-corrected chi connectivity index (χ0v) is 10.9. The van der Waals surface area contributed by atoms with Crippen LogP contribution in [0.25, 0.3) is 0 Å². The van der Waals surface area contributed by atoms with E-state index in [4.69, 9.17) is 9.47 Å². The molecule has 0 aromatic rings. The Labute approximate surface area is 97.7 Å². The van der Waals surface area contributed by atoms with Gasteiger partial charge in [0.1, 0.15) is 0 Å². The molecule has 1 rings (SSSR count). The van der Waals surface area contributed by atoms with Crippen LogP contribution in [0.1, 0.15) is 33.6 Å². The van der Waals surface area contributed by atoms with Gasteiger partial charge >= 0.3 is 0 Å². The van der Waals surface area contributed by atoms with Gasteiger partial charge in [0, 0.05) is 32.1 Å². The van der Waals surface area contributed by atoms with Crippen LogP contribution in [-0.4, -0.2) is 38.4 Å². The standard InChI is InChI=1S/C12H23NO3/c1-11(2)9(8-12(11,3)16-5)13-10(14)6-7-15-4/h9H,6-8H2,1-5H3,(H,13,14)/t9-,12+/m0/s1. The molecule has 1 fully saturated rings. The van der Waals surface area contributed by atoms with Gasteiger partial charge in [-0.25, -0.2) is 0 Å². The molecule has 0 heterocycles. The van der Waals surface area contributed by atoms with E-state index in [2.05, 4.69) is 26.1 Å². The van der Waals surface area contributed by atoms with Crippen molar-refractivity contribution in [3.63, 3.8) is 0 Å². The molecule has 16 heavy (non-hydrogen) atoms. The van der Waals surface area contributed by atoms with Crippen molar-refractivity contribution in [2.75, 3.05) is 20.8 Å². The van der Waals surface area contributed by atoms with Crippen molar-refractivity contribution < 1.29 is 14.3 Å². The second-order valence-electron chi connectivity index (χ2n) is 5.22. The van der Waals surface area contributed by atoms with E-state index in [1.807, 2.05) is 0 Å². The summed E-state index contributed by atoms with van der Waals surface area (Å²) in [5.74, 6) is 0.0538. The summed E-state index contributed by atoms with van der Waals surface area (Å²) in [6, 6.07) is 0.196. The second-order valence-corrected chi connectivity index (χ2v) is 5.22. The van der Waals surface area contributed by atoms with Crippen LogP contribution in [0.5, 0.6) is 0 Å². The van der Waals surface area contributed by atoms with E-state index < -0.39 is 0 Å². The number of methoxy groups -OCH3 is 2. The van der Waals surface area contributed by atoms with Crippen LogP contribution in [0.2, 0.25) is 0 Å². The van der Waals surface area contributed by atoms with Gasteiger partial charge in [-0.05, 0) is 13.3 Å². The topological polar surface area (TPSA) is 47.6 Å². The first-order valence-electron chi connectivity index (χ1n) is 5.71. The average molecular weight is 229 g/mol. The third-order valence-electron chi connectivity index (χ3n) is 4.15. The SMILES string of the molecule is COCCC(=O)N[C@H]1C[C@@](C)(OC)C1(C)C. The molecule has 4 heteroatoms. The molecule has 1 saturated carbocycles. The van der Waals surface area contributed by atoms with Crippen LogP contribution >= 0.6 is 0 Å². The molecule has 0 aromatic heterocycles. The lowest BCUT2D eigenvalue weighted by Gasteiger charge is -2.59. The van der Waals surface area contributed by atoms with Crippen molar-refractivity contribution in [3.8, 4) is 0 Å². The molecule has 0 aliphatic heterocycles. The van der Waals surface area contributed by atoms with Crippen LogP contribution in [-0.2, 0) is 14.3 Å². The lowest BCUT2D eigenvalue weighted by molar-refractivity contribution is -0.182. The molecular weight excluding hydrogens is 206 g/mol. The van der Waals surface area contributed by atoms with E-state index in [9.17, 15) is 4.79 Å². The fraction of sp³-hybridized carbons (Fsp3) is 0.917. The van der Waals surface area contributed by atoms with Gasteiger partial charge in [-0.15, -0.1) is 0 Å². The lowest BCUT2D eigenvalue weighted by Crippen LogP contribution is -2.68. The number of rotatable bonds is 5. The van der Waals surface area contributed by atoms with Crippen molar-refractivity contribution in [2.24, 2.45) is 5.41 Å². The molecule has 1 aliphatic rings. The summed E-state index contributed by atoms with van der Waals surface area (Å²) in [4.78, 5) is 11.6. The van der Waals surface area contributed by atoms with Gasteiger partial charge in [0.15, 0.2) is 0 Å². The van der Waals surface area contributed by atoms with Gasteiger partial charge in [-0.2, -0.15) is 0 Å². The minimum Gasteiger partial charge on any atom is -0.384 e. The Morgan fingerprint density at radius 2 is 2.00 bits per heavy atom. The number of amides is 1. The fourth-order valence-corrected chi connectivity index (χ4v) is 2.18. The molecule has 0 spiro atoms. The largest absolute Gasteiger partial charge is 0.384 e. The van der Waals surface area contributed by atoms with E-state index >= 15 is 0 Å². The molecule has 0 saturated heterocycles. The predicted octanol–water partition coefficient (Wildman–Crippen LogP) is 1.34. The highest BCUT2D eigenvalue weighted by atomic mass is 16.5. The van der Waals surface area contributed by atoms with Crippen LogP contribution in [0.4, 0.5) is 0 Å². The molecule has 0 unspecified atom stereocenters. The molecule has 1 aliphatic carbocycles. The van der Waals surface area contributed by atoms with Crippen LogP contribution in [0.3, 0.4) is 0 Å². The quantitative estimate of drug-likeness (QED) is 0.774. The Bertz CT molecular complexity index is 265. The minimum absolute atomic E-state index is 0.0233. The average Bonchev–Trinajstić information content (AvgIpc) is 2.25. The number of carbonyl (C=O) groups is 1. The Balaban J connectivity index is 2.45. The Morgan fingerprint density at radius 3 is 2.44 bits per heavy atom. The zero-order valence-electron chi connectivity index (χ0n) is 10.9. The van der Waals surface area contributed by atoms with Crippen molar-refractivity contribution in [2.45, 2.75) is 45.3 Å². The van der Waals surface area contributed by atoms with Gasteiger partial charge in [-0.1, -0.05) is 13.8 Å². The molecule has 0 aromatic carbocycles. The second kappa shape index (κ2) is 4.72. The number of carbonyl (C=O) groups excluding carboxylic acids is 1. The van der Waals surface area contributed by atoms with Gasteiger partial charge in [0.05, 0.1) is 12.2 Å². The predicted molar refractivity (Wildman–Crippen MR) is 62.2 cm³/mol. The highest BCUT2D eigenvalue weighted by Gasteiger charge is 2.58. The first kappa shape index (κ1) is 13.5. The number of nitrogens with one attached hydrogen (secondary N) is 1. The summed E-state index contributed by atoms with van der Waals surface area (Å²) in [5, 5.41) is 3.03. The molecule has 4 nitrogen and oxygen atoms in total.